The van der Waals surface area contributed by atoms with E-state index in [1.165, 1.54) is 38.9 Å². The first kappa shape index (κ1) is 13.6. The van der Waals surface area contributed by atoms with Gasteiger partial charge >= 0.3 is 0 Å². The topological polar surface area (TPSA) is 41.3 Å². The van der Waals surface area contributed by atoms with Gasteiger partial charge in [-0.25, -0.2) is 0 Å². The molecule has 18 heavy (non-hydrogen) atoms. The normalized spacial score (nSPS) is 20.1. The molecule has 1 fully saturated rings. The van der Waals surface area contributed by atoms with Crippen LogP contribution in [0.5, 0.6) is 0 Å². The fraction of sp³-hybridized carbons (Fsp3) is 0.786. The average molecular weight is 251 g/mol. The molecule has 4 heteroatoms. The molecule has 4 nitrogen and oxygen atoms in total. The Kier molecular flexibility index (Phi) is 5.20. The summed E-state index contributed by atoms with van der Waals surface area (Å²) in [5.74, 6) is 0.796. The number of nitrogens with one attached hydrogen (secondary N) is 1. The summed E-state index contributed by atoms with van der Waals surface area (Å²) in [5, 5.41) is 7.48. The highest BCUT2D eigenvalue weighted by Crippen LogP contribution is 2.20. The van der Waals surface area contributed by atoms with E-state index >= 15 is 0 Å². The summed E-state index contributed by atoms with van der Waals surface area (Å²) >= 11 is 0. The van der Waals surface area contributed by atoms with Gasteiger partial charge < -0.3 is 14.7 Å². The molecular formula is C14H25N3O. The van der Waals surface area contributed by atoms with Gasteiger partial charge in [0.15, 0.2) is 0 Å². The van der Waals surface area contributed by atoms with Gasteiger partial charge in [-0.15, -0.1) is 0 Å². The third kappa shape index (κ3) is 3.82. The predicted molar refractivity (Wildman–Crippen MR) is 72.3 cm³/mol. The molecule has 0 bridgehead atoms. The number of piperidine rings is 1. The Morgan fingerprint density at radius 2 is 2.28 bits per heavy atom. The van der Waals surface area contributed by atoms with Crippen molar-refractivity contribution >= 4 is 0 Å². The third-order valence-corrected chi connectivity index (χ3v) is 3.98. The van der Waals surface area contributed by atoms with Crippen molar-refractivity contribution < 1.29 is 4.52 Å². The lowest BCUT2D eigenvalue weighted by Crippen LogP contribution is -2.42. The van der Waals surface area contributed by atoms with Crippen LogP contribution in [0.3, 0.4) is 0 Å². The highest BCUT2D eigenvalue weighted by atomic mass is 16.5. The Morgan fingerprint density at radius 1 is 1.50 bits per heavy atom. The molecule has 0 spiro atoms. The van der Waals surface area contributed by atoms with Gasteiger partial charge in [0.05, 0.1) is 5.69 Å². The lowest BCUT2D eigenvalue weighted by atomic mass is 9.90. The highest BCUT2D eigenvalue weighted by molar-refractivity contribution is 4.95. The summed E-state index contributed by atoms with van der Waals surface area (Å²) < 4.78 is 4.84. The molecule has 1 N–H and O–H groups in total. The monoisotopic (exact) mass is 251 g/mol. The second-order valence-electron chi connectivity index (χ2n) is 5.34. The molecule has 1 unspecified atom stereocenters. The predicted octanol–water partition coefficient (Wildman–Crippen LogP) is 2.27. The summed E-state index contributed by atoms with van der Waals surface area (Å²) in [6.07, 6.45) is 5.52. The minimum Gasteiger partial charge on any atom is -0.364 e. The summed E-state index contributed by atoms with van der Waals surface area (Å²) in [6.45, 7) is 9.14. The minimum atomic E-state index is 0.561. The second kappa shape index (κ2) is 6.90. The van der Waals surface area contributed by atoms with E-state index in [4.69, 9.17) is 4.52 Å². The number of rotatable bonds is 6. The molecule has 0 amide bonds. The molecule has 1 atom stereocenters. The van der Waals surface area contributed by atoms with Gasteiger partial charge in [0.25, 0.3) is 0 Å². The summed E-state index contributed by atoms with van der Waals surface area (Å²) in [5.41, 5.74) is 0.991. The van der Waals surface area contributed by atoms with Crippen molar-refractivity contribution in [2.24, 2.45) is 5.92 Å². The van der Waals surface area contributed by atoms with Crippen molar-refractivity contribution in [1.82, 2.24) is 15.4 Å². The van der Waals surface area contributed by atoms with Crippen LogP contribution in [0, 0.1) is 5.92 Å². The van der Waals surface area contributed by atoms with E-state index in [2.05, 4.69) is 29.2 Å². The van der Waals surface area contributed by atoms with Gasteiger partial charge in [0, 0.05) is 18.7 Å². The zero-order valence-electron chi connectivity index (χ0n) is 11.6. The van der Waals surface area contributed by atoms with Crippen molar-refractivity contribution in [3.05, 3.63) is 18.0 Å². The van der Waals surface area contributed by atoms with Gasteiger partial charge in [-0.2, -0.15) is 0 Å². The molecule has 2 rings (SSSR count). The highest BCUT2D eigenvalue weighted by Gasteiger charge is 2.23. The molecule has 0 aromatic carbocycles. The summed E-state index contributed by atoms with van der Waals surface area (Å²) in [6, 6.07) is 2.48. The molecule has 102 valence electrons. The van der Waals surface area contributed by atoms with E-state index in [9.17, 15) is 0 Å². The van der Waals surface area contributed by atoms with Crippen LogP contribution >= 0.6 is 0 Å². The van der Waals surface area contributed by atoms with Crippen molar-refractivity contribution in [1.29, 1.82) is 0 Å². The van der Waals surface area contributed by atoms with Crippen LogP contribution in [0.4, 0.5) is 0 Å². The molecule has 0 radical (unpaired) electrons. The Labute approximate surface area is 110 Å². The van der Waals surface area contributed by atoms with E-state index in [0.29, 0.717) is 6.04 Å². The smallest absolute Gasteiger partial charge is 0.124 e. The lowest BCUT2D eigenvalue weighted by molar-refractivity contribution is 0.162. The van der Waals surface area contributed by atoms with Gasteiger partial charge in [-0.05, 0) is 51.7 Å². The van der Waals surface area contributed by atoms with E-state index in [0.717, 1.165) is 18.2 Å². The third-order valence-electron chi connectivity index (χ3n) is 3.98. The van der Waals surface area contributed by atoms with E-state index in [1.54, 1.807) is 6.26 Å². The van der Waals surface area contributed by atoms with Crippen molar-refractivity contribution in [3.8, 4) is 0 Å². The van der Waals surface area contributed by atoms with E-state index in [-0.39, 0.29) is 0 Å². The number of hydrogen-bond acceptors (Lipinski definition) is 4. The fourth-order valence-corrected chi connectivity index (χ4v) is 2.75. The van der Waals surface area contributed by atoms with Crippen molar-refractivity contribution in [3.63, 3.8) is 0 Å². The van der Waals surface area contributed by atoms with Crippen molar-refractivity contribution in [2.75, 3.05) is 19.6 Å². The van der Waals surface area contributed by atoms with Crippen LogP contribution in [0.15, 0.2) is 16.9 Å². The maximum absolute atomic E-state index is 4.84. The average Bonchev–Trinajstić information content (AvgIpc) is 2.90. The molecular weight excluding hydrogens is 226 g/mol. The molecule has 1 aromatic heterocycles. The molecule has 0 saturated carbocycles. The number of likely N-dealkylation sites (tertiary alicyclic amines) is 1. The summed E-state index contributed by atoms with van der Waals surface area (Å²) in [4.78, 5) is 2.58. The van der Waals surface area contributed by atoms with Gasteiger partial charge in [0.2, 0.25) is 0 Å². The molecule has 1 aromatic rings. The quantitative estimate of drug-likeness (QED) is 0.842. The first-order valence-electron chi connectivity index (χ1n) is 7.14. The molecule has 1 saturated heterocycles. The Bertz CT molecular complexity index is 318. The van der Waals surface area contributed by atoms with Crippen LogP contribution in [-0.4, -0.2) is 35.7 Å². The lowest BCUT2D eigenvalue weighted by Gasteiger charge is -2.35. The van der Waals surface area contributed by atoms with E-state index < -0.39 is 0 Å². The van der Waals surface area contributed by atoms with Crippen LogP contribution in [0.25, 0.3) is 0 Å². The minimum absolute atomic E-state index is 0.561. The SMILES string of the molecule is CCCN1CCC(C(C)NCc2ccon2)CC1. The van der Waals surface area contributed by atoms with E-state index in [1.807, 2.05) is 6.07 Å². The maximum Gasteiger partial charge on any atom is 0.124 e. The van der Waals surface area contributed by atoms with Gasteiger partial charge in [-0.3, -0.25) is 0 Å². The standard InChI is InChI=1S/C14H25N3O/c1-3-7-17-8-4-13(5-9-17)12(2)15-11-14-6-10-18-16-14/h6,10,12-13,15H,3-5,7-9,11H2,1-2H3. The first-order valence-corrected chi connectivity index (χ1v) is 7.14. The molecule has 1 aliphatic rings. The van der Waals surface area contributed by atoms with Crippen LogP contribution in [0.2, 0.25) is 0 Å². The zero-order chi connectivity index (χ0) is 12.8. The van der Waals surface area contributed by atoms with Crippen molar-refractivity contribution in [2.45, 2.75) is 45.7 Å². The Hall–Kier alpha value is -0.870. The number of hydrogen-bond donors (Lipinski definition) is 1. The fourth-order valence-electron chi connectivity index (χ4n) is 2.75. The number of aromatic nitrogens is 1. The van der Waals surface area contributed by atoms with Crippen LogP contribution < -0.4 is 5.32 Å². The molecule has 1 aliphatic heterocycles. The Morgan fingerprint density at radius 3 is 2.89 bits per heavy atom. The van der Waals surface area contributed by atoms with Crippen LogP contribution in [0.1, 0.15) is 38.8 Å². The largest absolute Gasteiger partial charge is 0.364 e. The maximum atomic E-state index is 4.84. The number of nitrogens with zero attached hydrogens (tertiary/aromatic N) is 2. The van der Waals surface area contributed by atoms with Gasteiger partial charge in [-0.1, -0.05) is 12.1 Å². The van der Waals surface area contributed by atoms with Crippen LogP contribution in [-0.2, 0) is 6.54 Å². The summed E-state index contributed by atoms with van der Waals surface area (Å²) in [7, 11) is 0. The Balaban J connectivity index is 1.69. The van der Waals surface area contributed by atoms with Gasteiger partial charge in [0.1, 0.15) is 6.26 Å². The molecule has 0 aliphatic carbocycles. The molecule has 2 heterocycles. The second-order valence-corrected chi connectivity index (χ2v) is 5.34. The first-order chi connectivity index (χ1) is 8.79. The zero-order valence-corrected chi connectivity index (χ0v) is 11.6.